The SMILES string of the molecule is C.CC(C=O)Cc1ccc(Cl)cc1.COC(=O)CCN.COC(=O)CCN(C)CC(C)Cc1ccc(Cl)cc1. The topological polar surface area (TPSA) is 98.9 Å². The molecule has 9 heteroatoms. The Hall–Kier alpha value is -2.45. The highest BCUT2D eigenvalue weighted by atomic mass is 35.5. The summed E-state index contributed by atoms with van der Waals surface area (Å²) in [7, 11) is 4.80. The Labute approximate surface area is 244 Å². The number of carbonyl (C=O) groups excluding carboxylic acids is 3. The van der Waals surface area contributed by atoms with Gasteiger partial charge >= 0.3 is 11.9 Å². The molecule has 0 aliphatic rings. The summed E-state index contributed by atoms with van der Waals surface area (Å²) in [5.41, 5.74) is 7.45. The van der Waals surface area contributed by atoms with Gasteiger partial charge in [-0.2, -0.15) is 0 Å². The molecule has 0 aromatic heterocycles. The number of methoxy groups -OCH3 is 2. The lowest BCUT2D eigenvalue weighted by molar-refractivity contribution is -0.141. The zero-order valence-corrected chi connectivity index (χ0v) is 24.6. The second-order valence-corrected chi connectivity index (χ2v) is 9.96. The summed E-state index contributed by atoms with van der Waals surface area (Å²) in [5, 5.41) is 1.50. The summed E-state index contributed by atoms with van der Waals surface area (Å²) in [6, 6.07) is 15.5. The Morgan fingerprint density at radius 3 is 1.69 bits per heavy atom. The van der Waals surface area contributed by atoms with Crippen LogP contribution in [0.15, 0.2) is 48.5 Å². The highest BCUT2D eigenvalue weighted by Crippen LogP contribution is 2.14. The lowest BCUT2D eigenvalue weighted by Gasteiger charge is -2.20. The Balaban J connectivity index is 0. The molecule has 0 heterocycles. The van der Waals surface area contributed by atoms with Crippen molar-refractivity contribution >= 4 is 41.4 Å². The molecular formula is C30H46Cl2N2O5. The first-order valence-electron chi connectivity index (χ1n) is 12.5. The molecule has 2 N–H and O–H groups in total. The maximum Gasteiger partial charge on any atom is 0.306 e. The van der Waals surface area contributed by atoms with Gasteiger partial charge in [0, 0.05) is 35.6 Å². The quantitative estimate of drug-likeness (QED) is 0.246. The number of nitrogens with two attached hydrogens (primary N) is 1. The fourth-order valence-corrected chi connectivity index (χ4v) is 3.61. The number of esters is 2. The van der Waals surface area contributed by atoms with Crippen molar-refractivity contribution in [3.8, 4) is 0 Å². The van der Waals surface area contributed by atoms with E-state index in [4.69, 9.17) is 28.9 Å². The van der Waals surface area contributed by atoms with E-state index in [1.165, 1.54) is 19.8 Å². The number of aldehydes is 1. The van der Waals surface area contributed by atoms with Crippen molar-refractivity contribution in [3.05, 3.63) is 69.7 Å². The van der Waals surface area contributed by atoms with Gasteiger partial charge in [0.25, 0.3) is 0 Å². The van der Waals surface area contributed by atoms with Gasteiger partial charge in [-0.15, -0.1) is 0 Å². The van der Waals surface area contributed by atoms with Crippen LogP contribution in [0.3, 0.4) is 0 Å². The van der Waals surface area contributed by atoms with E-state index < -0.39 is 0 Å². The van der Waals surface area contributed by atoms with Gasteiger partial charge < -0.3 is 24.9 Å². The molecule has 2 aromatic rings. The zero-order valence-electron chi connectivity index (χ0n) is 23.1. The average molecular weight is 586 g/mol. The van der Waals surface area contributed by atoms with Gasteiger partial charge in [0.1, 0.15) is 6.29 Å². The Kier molecular flexibility index (Phi) is 23.3. The third-order valence-corrected chi connectivity index (χ3v) is 5.83. The van der Waals surface area contributed by atoms with E-state index in [1.807, 2.05) is 50.4 Å². The molecule has 0 amide bonds. The highest BCUT2D eigenvalue weighted by Gasteiger charge is 2.09. The van der Waals surface area contributed by atoms with E-state index in [2.05, 4.69) is 33.4 Å². The molecule has 7 nitrogen and oxygen atoms in total. The largest absolute Gasteiger partial charge is 0.469 e. The van der Waals surface area contributed by atoms with Crippen molar-refractivity contribution in [2.24, 2.45) is 17.6 Å². The second-order valence-electron chi connectivity index (χ2n) is 9.08. The minimum Gasteiger partial charge on any atom is -0.469 e. The number of rotatable bonds is 12. The van der Waals surface area contributed by atoms with Gasteiger partial charge in [-0.05, 0) is 61.2 Å². The molecule has 220 valence electrons. The molecule has 0 fully saturated rings. The van der Waals surface area contributed by atoms with E-state index in [-0.39, 0.29) is 25.3 Å². The van der Waals surface area contributed by atoms with Crippen molar-refractivity contribution in [1.29, 1.82) is 0 Å². The first-order chi connectivity index (χ1) is 18.0. The molecule has 39 heavy (non-hydrogen) atoms. The summed E-state index contributed by atoms with van der Waals surface area (Å²) in [4.78, 5) is 33.7. The predicted molar refractivity (Wildman–Crippen MR) is 161 cm³/mol. The molecule has 0 bridgehead atoms. The molecule has 2 rings (SSSR count). The fourth-order valence-electron chi connectivity index (χ4n) is 3.36. The first kappa shape index (κ1) is 38.7. The molecule has 0 saturated carbocycles. The number of carbonyl (C=O) groups is 3. The van der Waals surface area contributed by atoms with Gasteiger partial charge in [-0.25, -0.2) is 0 Å². The molecule has 0 aliphatic heterocycles. The van der Waals surface area contributed by atoms with Crippen molar-refractivity contribution in [3.63, 3.8) is 0 Å². The number of hydrogen-bond donors (Lipinski definition) is 1. The minimum absolute atomic E-state index is 0. The van der Waals surface area contributed by atoms with Crippen LogP contribution in [-0.4, -0.2) is 64.0 Å². The third kappa shape index (κ3) is 21.1. The molecular weight excluding hydrogens is 539 g/mol. The summed E-state index contributed by atoms with van der Waals surface area (Å²) in [6.45, 7) is 6.18. The van der Waals surface area contributed by atoms with Crippen LogP contribution in [0.5, 0.6) is 0 Å². The molecule has 0 spiro atoms. The van der Waals surface area contributed by atoms with Crippen molar-refractivity contribution in [2.75, 3.05) is 40.9 Å². The van der Waals surface area contributed by atoms with Gasteiger partial charge in [0.05, 0.1) is 27.1 Å². The molecule has 2 aromatic carbocycles. The van der Waals surface area contributed by atoms with Crippen LogP contribution in [0.25, 0.3) is 0 Å². The number of benzene rings is 2. The predicted octanol–water partition coefficient (Wildman–Crippen LogP) is 5.88. The van der Waals surface area contributed by atoms with E-state index in [0.29, 0.717) is 25.3 Å². The number of hydrogen-bond acceptors (Lipinski definition) is 7. The number of nitrogens with zero attached hydrogens (tertiary/aromatic N) is 1. The molecule has 0 saturated heterocycles. The summed E-state index contributed by atoms with van der Waals surface area (Å²) < 4.78 is 8.91. The maximum absolute atomic E-state index is 11.1. The van der Waals surface area contributed by atoms with Crippen LogP contribution in [0, 0.1) is 11.8 Å². The molecule has 0 aliphatic carbocycles. The van der Waals surface area contributed by atoms with E-state index in [1.54, 1.807) is 0 Å². The zero-order chi connectivity index (χ0) is 28.9. The van der Waals surface area contributed by atoms with Crippen LogP contribution >= 0.6 is 23.2 Å². The lowest BCUT2D eigenvalue weighted by atomic mass is 10.0. The monoisotopic (exact) mass is 584 g/mol. The first-order valence-corrected chi connectivity index (χ1v) is 13.3. The van der Waals surface area contributed by atoms with Gasteiger partial charge in [0.2, 0.25) is 0 Å². The summed E-state index contributed by atoms with van der Waals surface area (Å²) >= 11 is 11.6. The van der Waals surface area contributed by atoms with Crippen LogP contribution in [0.2, 0.25) is 10.0 Å². The van der Waals surface area contributed by atoms with Crippen LogP contribution in [0.1, 0.15) is 45.2 Å². The van der Waals surface area contributed by atoms with E-state index in [9.17, 15) is 14.4 Å². The smallest absolute Gasteiger partial charge is 0.306 e. The highest BCUT2D eigenvalue weighted by molar-refractivity contribution is 6.30. The normalized spacial score (nSPS) is 11.4. The van der Waals surface area contributed by atoms with Crippen molar-refractivity contribution < 1.29 is 23.9 Å². The Morgan fingerprint density at radius 2 is 1.31 bits per heavy atom. The van der Waals surface area contributed by atoms with Crippen LogP contribution < -0.4 is 5.73 Å². The van der Waals surface area contributed by atoms with Gasteiger partial charge in [-0.3, -0.25) is 9.59 Å². The maximum atomic E-state index is 11.1. The van der Waals surface area contributed by atoms with Gasteiger partial charge in [-0.1, -0.05) is 68.7 Å². The number of ether oxygens (including phenoxy) is 2. The third-order valence-electron chi connectivity index (χ3n) is 5.33. The fraction of sp³-hybridized carbons (Fsp3) is 0.500. The van der Waals surface area contributed by atoms with Crippen LogP contribution in [0.4, 0.5) is 0 Å². The van der Waals surface area contributed by atoms with E-state index >= 15 is 0 Å². The second kappa shape index (κ2) is 23.4. The summed E-state index contributed by atoms with van der Waals surface area (Å²) in [6.07, 6.45) is 3.53. The molecule has 0 radical (unpaired) electrons. The Morgan fingerprint density at radius 1 is 0.872 bits per heavy atom. The van der Waals surface area contributed by atoms with Crippen molar-refractivity contribution in [1.82, 2.24) is 4.90 Å². The standard InChI is InChI=1S/C15H22ClNO2.C10H11ClO.C4H9NO2.CH4/c1-12(10-13-4-6-14(16)7-5-13)11-17(2)9-8-15(18)19-3;1-8(7-12)6-9-2-4-10(11)5-3-9;1-7-4(6)2-3-5;/h4-7,12H,8-11H2,1-3H3;2-5,7-8H,6H2,1H3;2-3,5H2,1H3;1H4. The lowest BCUT2D eigenvalue weighted by Crippen LogP contribution is -2.28. The van der Waals surface area contributed by atoms with E-state index in [0.717, 1.165) is 47.8 Å². The van der Waals surface area contributed by atoms with Crippen molar-refractivity contribution in [2.45, 2.75) is 47.0 Å². The Bertz CT molecular complexity index is 924. The van der Waals surface area contributed by atoms with Crippen LogP contribution in [-0.2, 0) is 36.7 Å². The average Bonchev–Trinajstić information content (AvgIpc) is 2.90. The minimum atomic E-state index is -0.248. The molecule has 2 unspecified atom stereocenters. The summed E-state index contributed by atoms with van der Waals surface area (Å²) in [5.74, 6) is 0.217. The number of halogens is 2. The van der Waals surface area contributed by atoms with Gasteiger partial charge in [0.15, 0.2) is 0 Å². The molecule has 2 atom stereocenters.